The molecule has 31 heavy (non-hydrogen) atoms. The van der Waals surface area contributed by atoms with Crippen LogP contribution in [-0.2, 0) is 22.4 Å². The summed E-state index contributed by atoms with van der Waals surface area (Å²) in [7, 11) is 0. The molecular formula is C23H25IN2O5. The van der Waals surface area contributed by atoms with E-state index in [-0.39, 0.29) is 42.1 Å². The number of aliphatic carboxylic acids is 1. The van der Waals surface area contributed by atoms with Gasteiger partial charge in [-0.15, -0.1) is 0 Å². The summed E-state index contributed by atoms with van der Waals surface area (Å²) >= 11 is 2.10. The smallest absolute Gasteiger partial charge is 0.303 e. The lowest BCUT2D eigenvalue weighted by Gasteiger charge is -2.26. The Bertz CT molecular complexity index is 972. The molecule has 2 fully saturated rings. The molecule has 2 aliphatic rings. The highest BCUT2D eigenvalue weighted by atomic mass is 127. The molecule has 3 heterocycles. The van der Waals surface area contributed by atoms with Crippen molar-refractivity contribution in [3.63, 3.8) is 0 Å². The minimum atomic E-state index is -0.796. The predicted octanol–water partition coefficient (Wildman–Crippen LogP) is 3.87. The Morgan fingerprint density at radius 1 is 1.23 bits per heavy atom. The first-order valence-corrected chi connectivity index (χ1v) is 11.7. The van der Waals surface area contributed by atoms with Crippen molar-refractivity contribution in [1.29, 1.82) is 0 Å². The molecule has 0 radical (unpaired) electrons. The Balaban J connectivity index is 1.52. The molecule has 2 N–H and O–H groups in total. The molecule has 4 rings (SSSR count). The van der Waals surface area contributed by atoms with E-state index in [0.717, 1.165) is 30.4 Å². The molecule has 4 atom stereocenters. The summed E-state index contributed by atoms with van der Waals surface area (Å²) in [5, 5.41) is 11.9. The van der Waals surface area contributed by atoms with Crippen LogP contribution in [-0.4, -0.2) is 40.7 Å². The van der Waals surface area contributed by atoms with Crippen molar-refractivity contribution in [2.45, 2.75) is 50.2 Å². The lowest BCUT2D eigenvalue weighted by molar-refractivity contribution is -0.136. The summed E-state index contributed by atoms with van der Waals surface area (Å²) in [6.07, 6.45) is 6.77. The van der Waals surface area contributed by atoms with Crippen molar-refractivity contribution in [2.24, 2.45) is 5.92 Å². The number of carbonyl (C=O) groups excluding carboxylic acids is 1. The maximum Gasteiger partial charge on any atom is 0.303 e. The number of nitrogens with zero attached hydrogens (tertiary/aromatic N) is 1. The molecule has 2 saturated heterocycles. The van der Waals surface area contributed by atoms with Gasteiger partial charge in [0.2, 0.25) is 5.89 Å². The van der Waals surface area contributed by atoms with E-state index >= 15 is 0 Å². The van der Waals surface area contributed by atoms with Crippen LogP contribution in [0.15, 0.2) is 45.1 Å². The van der Waals surface area contributed by atoms with Gasteiger partial charge in [0.05, 0.1) is 18.1 Å². The van der Waals surface area contributed by atoms with Crippen molar-refractivity contribution in [1.82, 2.24) is 10.3 Å². The molecule has 0 spiro atoms. The van der Waals surface area contributed by atoms with Crippen LogP contribution in [0.5, 0.6) is 0 Å². The number of amides is 1. The van der Waals surface area contributed by atoms with E-state index in [1.165, 1.54) is 6.26 Å². The summed E-state index contributed by atoms with van der Waals surface area (Å²) in [6.45, 7) is 0.441. The van der Waals surface area contributed by atoms with Crippen LogP contribution in [0.25, 0.3) is 0 Å². The molecule has 164 valence electrons. The van der Waals surface area contributed by atoms with Crippen LogP contribution < -0.4 is 5.32 Å². The molecule has 8 heteroatoms. The Labute approximate surface area is 194 Å². The zero-order valence-corrected chi connectivity index (χ0v) is 19.2. The quantitative estimate of drug-likeness (QED) is 0.472. The van der Waals surface area contributed by atoms with Crippen LogP contribution in [0.4, 0.5) is 0 Å². The van der Waals surface area contributed by atoms with Gasteiger partial charge >= 0.3 is 5.97 Å². The molecule has 1 amide bonds. The number of carboxylic acid groups (broad SMARTS) is 1. The average Bonchev–Trinajstić information content (AvgIpc) is 3.49. The number of carbonyl (C=O) groups is 2. The number of carboxylic acids is 1. The van der Waals surface area contributed by atoms with E-state index < -0.39 is 5.97 Å². The summed E-state index contributed by atoms with van der Waals surface area (Å²) < 4.78 is 13.8. The third-order valence-electron chi connectivity index (χ3n) is 6.12. The van der Waals surface area contributed by atoms with Gasteiger partial charge < -0.3 is 19.6 Å². The van der Waals surface area contributed by atoms with Gasteiger partial charge in [-0.25, -0.2) is 4.98 Å². The fourth-order valence-corrected chi connectivity index (χ4v) is 4.96. The van der Waals surface area contributed by atoms with Gasteiger partial charge in [0.1, 0.15) is 6.26 Å². The van der Waals surface area contributed by atoms with Crippen molar-refractivity contribution in [2.75, 3.05) is 6.54 Å². The van der Waals surface area contributed by atoms with Crippen molar-refractivity contribution in [3.05, 3.63) is 63.4 Å². The van der Waals surface area contributed by atoms with E-state index in [4.69, 9.17) is 14.3 Å². The highest BCUT2D eigenvalue weighted by molar-refractivity contribution is 14.1. The fourth-order valence-electron chi connectivity index (χ4n) is 4.70. The monoisotopic (exact) mass is 536 g/mol. The lowest BCUT2D eigenvalue weighted by atomic mass is 9.75. The number of benzene rings is 1. The van der Waals surface area contributed by atoms with Crippen molar-refractivity contribution >= 4 is 34.5 Å². The van der Waals surface area contributed by atoms with E-state index in [1.54, 1.807) is 0 Å². The Hall–Kier alpha value is -2.20. The van der Waals surface area contributed by atoms with Gasteiger partial charge in [-0.3, -0.25) is 9.59 Å². The van der Waals surface area contributed by atoms with Crippen LogP contribution in [0.3, 0.4) is 0 Å². The highest BCUT2D eigenvalue weighted by Crippen LogP contribution is 2.49. The number of aromatic nitrogens is 1. The number of oxazole rings is 1. The van der Waals surface area contributed by atoms with Gasteiger partial charge in [-0.2, -0.15) is 0 Å². The summed E-state index contributed by atoms with van der Waals surface area (Å²) in [5.74, 6) is -0.335. The van der Waals surface area contributed by atoms with Crippen LogP contribution in [0.1, 0.15) is 52.7 Å². The lowest BCUT2D eigenvalue weighted by Crippen LogP contribution is -2.28. The molecule has 0 saturated carbocycles. The number of hydrogen-bond acceptors (Lipinski definition) is 5. The molecule has 2 bridgehead atoms. The van der Waals surface area contributed by atoms with E-state index in [0.29, 0.717) is 18.9 Å². The number of ether oxygens (including phenoxy) is 1. The van der Waals surface area contributed by atoms with Crippen molar-refractivity contribution in [3.8, 4) is 0 Å². The third kappa shape index (κ3) is 5.01. The van der Waals surface area contributed by atoms with Gasteiger partial charge in [-0.05, 0) is 40.9 Å². The Morgan fingerprint density at radius 3 is 2.77 bits per heavy atom. The number of rotatable bonds is 9. The van der Waals surface area contributed by atoms with E-state index in [2.05, 4.69) is 39.0 Å². The van der Waals surface area contributed by atoms with Crippen LogP contribution in [0, 0.1) is 5.92 Å². The van der Waals surface area contributed by atoms with Crippen molar-refractivity contribution < 1.29 is 23.8 Å². The molecule has 1 aromatic heterocycles. The molecule has 2 aliphatic heterocycles. The number of aryl methyl sites for hydroxylation is 1. The van der Waals surface area contributed by atoms with Crippen LogP contribution in [0.2, 0.25) is 0 Å². The van der Waals surface area contributed by atoms with Crippen LogP contribution >= 0.6 is 22.6 Å². The number of nitrogens with one attached hydrogen (secondary N) is 1. The second-order valence-corrected chi connectivity index (χ2v) is 8.71. The standard InChI is InChI=1S/C23H25IN2O5/c24-10-3-11-25-22(29)17-13-30-23(26-17)21-16(18-7-8-19(21)31-18)12-15-5-2-1-4-14(15)6-9-20(27)28/h1-5,10,13,16,18-19,21H,6-9,11-12H2,(H,25,29)(H,27,28)/t16-,18-,19+,21-/m0/s1. The molecule has 2 aromatic rings. The molecule has 0 unspecified atom stereocenters. The normalized spacial score (nSPS) is 24.7. The second-order valence-electron chi connectivity index (χ2n) is 7.99. The van der Waals surface area contributed by atoms with Gasteiger partial charge in [0, 0.05) is 18.9 Å². The van der Waals surface area contributed by atoms with Gasteiger partial charge in [-0.1, -0.05) is 52.9 Å². The zero-order chi connectivity index (χ0) is 21.8. The number of fused-ring (bicyclic) bond motifs is 2. The van der Waals surface area contributed by atoms with Gasteiger partial charge in [0.15, 0.2) is 5.69 Å². The third-order valence-corrected chi connectivity index (χ3v) is 6.62. The minimum absolute atomic E-state index is 0.0120. The Morgan fingerprint density at radius 2 is 2.00 bits per heavy atom. The largest absolute Gasteiger partial charge is 0.481 e. The molecule has 7 nitrogen and oxygen atoms in total. The van der Waals surface area contributed by atoms with E-state index in [1.807, 2.05) is 28.4 Å². The molecular weight excluding hydrogens is 511 g/mol. The topological polar surface area (TPSA) is 102 Å². The summed E-state index contributed by atoms with van der Waals surface area (Å²) in [6, 6.07) is 8.00. The maximum atomic E-state index is 12.3. The minimum Gasteiger partial charge on any atom is -0.481 e. The highest BCUT2D eigenvalue weighted by Gasteiger charge is 2.51. The first-order valence-electron chi connectivity index (χ1n) is 10.5. The van der Waals surface area contributed by atoms with Gasteiger partial charge in [0.25, 0.3) is 5.91 Å². The molecule has 0 aliphatic carbocycles. The Kier molecular flexibility index (Phi) is 7.06. The zero-order valence-electron chi connectivity index (χ0n) is 17.0. The second kappa shape index (κ2) is 9.95. The first-order chi connectivity index (χ1) is 15.1. The average molecular weight is 536 g/mol. The summed E-state index contributed by atoms with van der Waals surface area (Å²) in [4.78, 5) is 27.8. The summed E-state index contributed by atoms with van der Waals surface area (Å²) in [5.41, 5.74) is 2.48. The predicted molar refractivity (Wildman–Crippen MR) is 122 cm³/mol. The fraction of sp³-hybridized carbons (Fsp3) is 0.435. The van der Waals surface area contributed by atoms with E-state index in [9.17, 15) is 9.59 Å². The number of hydrogen-bond donors (Lipinski definition) is 2. The first kappa shape index (κ1) is 22.0. The maximum absolute atomic E-state index is 12.3. The SMILES string of the molecule is O=C(O)CCc1ccccc1C[C@@H]1[C@H](c2nc(C(=O)NCC=CI)co2)[C@H]2CC[C@@H]1O2. The molecule has 1 aromatic carbocycles. The number of halogens is 1.